The highest BCUT2D eigenvalue weighted by molar-refractivity contribution is 5.89. The van der Waals surface area contributed by atoms with Crippen molar-refractivity contribution < 1.29 is 19.0 Å². The van der Waals surface area contributed by atoms with Crippen LogP contribution in [0, 0.1) is 0 Å². The van der Waals surface area contributed by atoms with Gasteiger partial charge in [0.1, 0.15) is 12.4 Å². The van der Waals surface area contributed by atoms with Gasteiger partial charge in [-0.2, -0.15) is 0 Å². The quantitative estimate of drug-likeness (QED) is 0.527. The summed E-state index contributed by atoms with van der Waals surface area (Å²) in [4.78, 5) is 11.4. The minimum absolute atomic E-state index is 0.310. The summed E-state index contributed by atoms with van der Waals surface area (Å²) in [5.74, 6) is 0.415. The molecule has 0 bridgehead atoms. The third kappa shape index (κ3) is 5.19. The molecular weight excluding hydrogens is 232 g/mol. The lowest BCUT2D eigenvalue weighted by Gasteiger charge is -2.07. The van der Waals surface area contributed by atoms with Crippen LogP contribution in [-0.4, -0.2) is 32.4 Å². The highest BCUT2D eigenvalue weighted by Crippen LogP contribution is 2.12. The van der Waals surface area contributed by atoms with E-state index in [0.29, 0.717) is 25.4 Å². The van der Waals surface area contributed by atoms with Crippen LogP contribution in [-0.2, 0) is 9.47 Å². The Kier molecular flexibility index (Phi) is 6.87. The number of benzene rings is 1. The number of hydrogen-bond donors (Lipinski definition) is 0. The number of hydrogen-bond acceptors (Lipinski definition) is 4. The van der Waals surface area contributed by atoms with E-state index in [1.807, 2.05) is 0 Å². The van der Waals surface area contributed by atoms with Crippen molar-refractivity contribution in [3.05, 3.63) is 29.8 Å². The van der Waals surface area contributed by atoms with Crippen molar-refractivity contribution in [3.8, 4) is 5.75 Å². The van der Waals surface area contributed by atoms with E-state index in [9.17, 15) is 4.79 Å². The van der Waals surface area contributed by atoms with E-state index in [2.05, 4.69) is 6.92 Å². The SMILES string of the molecule is CCCOCCOc1ccc(C(=O)OCC)cc1. The van der Waals surface area contributed by atoms with Crippen molar-refractivity contribution in [2.75, 3.05) is 26.4 Å². The first kappa shape index (κ1) is 14.5. The number of carbonyl (C=O) groups excluding carboxylic acids is 1. The van der Waals surface area contributed by atoms with E-state index in [1.54, 1.807) is 31.2 Å². The monoisotopic (exact) mass is 252 g/mol. The van der Waals surface area contributed by atoms with Gasteiger partial charge in [-0.1, -0.05) is 6.92 Å². The molecule has 0 spiro atoms. The molecule has 0 aliphatic heterocycles. The van der Waals surface area contributed by atoms with Crippen LogP contribution in [0.4, 0.5) is 0 Å². The molecule has 1 aromatic carbocycles. The number of esters is 1. The molecule has 0 atom stereocenters. The second-order valence-corrected chi connectivity index (χ2v) is 3.71. The Balaban J connectivity index is 2.33. The molecule has 0 fully saturated rings. The molecule has 0 unspecified atom stereocenters. The second-order valence-electron chi connectivity index (χ2n) is 3.71. The van der Waals surface area contributed by atoms with E-state index in [0.717, 1.165) is 18.8 Å². The first-order valence-corrected chi connectivity index (χ1v) is 6.25. The third-order valence-corrected chi connectivity index (χ3v) is 2.21. The van der Waals surface area contributed by atoms with Crippen LogP contribution in [0.15, 0.2) is 24.3 Å². The van der Waals surface area contributed by atoms with Crippen molar-refractivity contribution in [1.29, 1.82) is 0 Å². The van der Waals surface area contributed by atoms with E-state index in [1.165, 1.54) is 0 Å². The van der Waals surface area contributed by atoms with Crippen molar-refractivity contribution in [1.82, 2.24) is 0 Å². The minimum atomic E-state index is -0.310. The van der Waals surface area contributed by atoms with Gasteiger partial charge in [-0.25, -0.2) is 4.79 Å². The smallest absolute Gasteiger partial charge is 0.338 e. The summed E-state index contributed by atoms with van der Waals surface area (Å²) in [6.45, 7) is 6.07. The summed E-state index contributed by atoms with van der Waals surface area (Å²) in [6.07, 6.45) is 1.01. The molecule has 4 heteroatoms. The summed E-state index contributed by atoms with van der Waals surface area (Å²) in [5.41, 5.74) is 0.534. The molecule has 1 aromatic rings. The van der Waals surface area contributed by atoms with Crippen molar-refractivity contribution in [3.63, 3.8) is 0 Å². The van der Waals surface area contributed by atoms with Gasteiger partial charge in [-0.05, 0) is 37.6 Å². The Hall–Kier alpha value is -1.55. The first-order chi connectivity index (χ1) is 8.77. The molecule has 0 radical (unpaired) electrons. The van der Waals surface area contributed by atoms with Gasteiger partial charge >= 0.3 is 5.97 Å². The van der Waals surface area contributed by atoms with Crippen molar-refractivity contribution in [2.45, 2.75) is 20.3 Å². The van der Waals surface area contributed by atoms with Crippen LogP contribution < -0.4 is 4.74 Å². The summed E-state index contributed by atoms with van der Waals surface area (Å²) in [6, 6.07) is 6.90. The fourth-order valence-electron chi connectivity index (χ4n) is 1.37. The molecule has 4 nitrogen and oxygen atoms in total. The Bertz CT molecular complexity index is 345. The van der Waals surface area contributed by atoms with Crippen molar-refractivity contribution in [2.24, 2.45) is 0 Å². The Labute approximate surface area is 108 Å². The molecule has 100 valence electrons. The zero-order valence-electron chi connectivity index (χ0n) is 11.0. The van der Waals surface area contributed by atoms with Gasteiger partial charge in [-0.3, -0.25) is 0 Å². The van der Waals surface area contributed by atoms with Crippen LogP contribution in [0.5, 0.6) is 5.75 Å². The molecule has 0 aliphatic carbocycles. The molecule has 0 saturated carbocycles. The van der Waals surface area contributed by atoms with Gasteiger partial charge in [0.2, 0.25) is 0 Å². The van der Waals surface area contributed by atoms with E-state index in [-0.39, 0.29) is 5.97 Å². The Morgan fingerprint density at radius 1 is 1.06 bits per heavy atom. The average Bonchev–Trinajstić information content (AvgIpc) is 2.39. The maximum Gasteiger partial charge on any atom is 0.338 e. The molecule has 0 amide bonds. The number of ether oxygens (including phenoxy) is 3. The van der Waals surface area contributed by atoms with Crippen LogP contribution in [0.1, 0.15) is 30.6 Å². The first-order valence-electron chi connectivity index (χ1n) is 6.25. The zero-order valence-corrected chi connectivity index (χ0v) is 11.0. The maximum absolute atomic E-state index is 11.4. The lowest BCUT2D eigenvalue weighted by atomic mass is 10.2. The van der Waals surface area contributed by atoms with Gasteiger partial charge in [-0.15, -0.1) is 0 Å². The topological polar surface area (TPSA) is 44.8 Å². The zero-order chi connectivity index (χ0) is 13.2. The summed E-state index contributed by atoms with van der Waals surface area (Å²) < 4.78 is 15.7. The third-order valence-electron chi connectivity index (χ3n) is 2.21. The number of carbonyl (C=O) groups is 1. The van der Waals surface area contributed by atoms with Gasteiger partial charge < -0.3 is 14.2 Å². The highest BCUT2D eigenvalue weighted by atomic mass is 16.5. The van der Waals surface area contributed by atoms with Crippen LogP contribution in [0.25, 0.3) is 0 Å². The summed E-state index contributed by atoms with van der Waals surface area (Å²) >= 11 is 0. The molecule has 0 aromatic heterocycles. The van der Waals surface area contributed by atoms with Crippen LogP contribution in [0.2, 0.25) is 0 Å². The summed E-state index contributed by atoms with van der Waals surface area (Å²) in [5, 5.41) is 0. The predicted molar refractivity (Wildman–Crippen MR) is 69.0 cm³/mol. The number of rotatable bonds is 8. The largest absolute Gasteiger partial charge is 0.491 e. The fourth-order valence-corrected chi connectivity index (χ4v) is 1.37. The second kappa shape index (κ2) is 8.53. The molecule has 0 heterocycles. The van der Waals surface area contributed by atoms with Gasteiger partial charge in [0.05, 0.1) is 18.8 Å². The molecule has 0 aliphatic rings. The molecule has 0 saturated heterocycles. The van der Waals surface area contributed by atoms with Gasteiger partial charge in [0.25, 0.3) is 0 Å². The highest BCUT2D eigenvalue weighted by Gasteiger charge is 2.05. The van der Waals surface area contributed by atoms with Crippen molar-refractivity contribution >= 4 is 5.97 Å². The molecular formula is C14H20O4. The lowest BCUT2D eigenvalue weighted by Crippen LogP contribution is -2.07. The molecule has 0 N–H and O–H groups in total. The minimum Gasteiger partial charge on any atom is -0.491 e. The maximum atomic E-state index is 11.4. The fraction of sp³-hybridized carbons (Fsp3) is 0.500. The average molecular weight is 252 g/mol. The lowest BCUT2D eigenvalue weighted by molar-refractivity contribution is 0.0526. The predicted octanol–water partition coefficient (Wildman–Crippen LogP) is 2.67. The van der Waals surface area contributed by atoms with Crippen LogP contribution >= 0.6 is 0 Å². The normalized spacial score (nSPS) is 10.1. The van der Waals surface area contributed by atoms with E-state index in [4.69, 9.17) is 14.2 Å². The molecule has 18 heavy (non-hydrogen) atoms. The van der Waals surface area contributed by atoms with Crippen LogP contribution in [0.3, 0.4) is 0 Å². The molecule has 1 rings (SSSR count). The van der Waals surface area contributed by atoms with E-state index < -0.39 is 0 Å². The summed E-state index contributed by atoms with van der Waals surface area (Å²) in [7, 11) is 0. The standard InChI is InChI=1S/C14H20O4/c1-3-9-16-10-11-18-13-7-5-12(6-8-13)14(15)17-4-2/h5-8H,3-4,9-11H2,1-2H3. The Morgan fingerprint density at radius 2 is 1.78 bits per heavy atom. The van der Waals surface area contributed by atoms with Gasteiger partial charge in [0, 0.05) is 6.61 Å². The van der Waals surface area contributed by atoms with Gasteiger partial charge in [0.15, 0.2) is 0 Å². The Morgan fingerprint density at radius 3 is 2.39 bits per heavy atom. The van der Waals surface area contributed by atoms with E-state index >= 15 is 0 Å².